The molecule has 6 nitrogen and oxygen atoms in total. The van der Waals surface area contributed by atoms with Crippen molar-refractivity contribution in [1.82, 2.24) is 20.2 Å². The van der Waals surface area contributed by atoms with Gasteiger partial charge >= 0.3 is 0 Å². The van der Waals surface area contributed by atoms with Crippen molar-refractivity contribution in [1.29, 1.82) is 0 Å². The number of nitrogens with zero attached hydrogens (tertiary/aromatic N) is 4. The molecular weight excluding hydrogens is 330 g/mol. The van der Waals surface area contributed by atoms with E-state index in [1.807, 2.05) is 31.2 Å². The van der Waals surface area contributed by atoms with Gasteiger partial charge in [-0.25, -0.2) is 4.98 Å². The van der Waals surface area contributed by atoms with E-state index in [4.69, 9.17) is 5.73 Å². The summed E-state index contributed by atoms with van der Waals surface area (Å²) in [5.41, 5.74) is 7.77. The van der Waals surface area contributed by atoms with Crippen molar-refractivity contribution in [2.75, 3.05) is 5.75 Å². The van der Waals surface area contributed by atoms with Crippen molar-refractivity contribution in [3.63, 3.8) is 0 Å². The molecule has 0 fully saturated rings. The first-order chi connectivity index (χ1) is 11.1. The smallest absolute Gasteiger partial charge is 0.227 e. The number of pyridine rings is 1. The van der Waals surface area contributed by atoms with Crippen LogP contribution in [0.5, 0.6) is 0 Å². The van der Waals surface area contributed by atoms with Crippen LogP contribution in [-0.4, -0.2) is 31.8 Å². The Labute approximate surface area is 141 Å². The molecule has 3 heterocycles. The molecule has 3 rings (SSSR count). The van der Waals surface area contributed by atoms with Gasteiger partial charge in [-0.1, -0.05) is 11.8 Å². The Morgan fingerprint density at radius 3 is 2.83 bits per heavy atom. The molecule has 2 N–H and O–H groups in total. The summed E-state index contributed by atoms with van der Waals surface area (Å²) in [4.78, 5) is 20.5. The number of hydrogen-bond acceptors (Lipinski definition) is 7. The quantitative estimate of drug-likeness (QED) is 0.715. The van der Waals surface area contributed by atoms with Gasteiger partial charge in [0.1, 0.15) is 15.7 Å². The largest absolute Gasteiger partial charge is 0.369 e. The van der Waals surface area contributed by atoms with Crippen molar-refractivity contribution in [2.24, 2.45) is 5.73 Å². The SMILES string of the molecule is Cc1nc(-c2cccnc2)sc1-c1ccc(SCC(N)=O)nn1. The van der Waals surface area contributed by atoms with Crippen molar-refractivity contribution < 1.29 is 4.79 Å². The lowest BCUT2D eigenvalue weighted by molar-refractivity contribution is -0.115. The zero-order chi connectivity index (χ0) is 16.2. The molecular formula is C15H13N5OS2. The van der Waals surface area contributed by atoms with Gasteiger partial charge in [0.25, 0.3) is 0 Å². The molecule has 0 aliphatic carbocycles. The number of thiazole rings is 1. The first kappa shape index (κ1) is 15.6. The summed E-state index contributed by atoms with van der Waals surface area (Å²) >= 11 is 2.83. The zero-order valence-electron chi connectivity index (χ0n) is 12.3. The predicted molar refractivity (Wildman–Crippen MR) is 91.0 cm³/mol. The molecule has 1 amide bonds. The second kappa shape index (κ2) is 6.84. The summed E-state index contributed by atoms with van der Waals surface area (Å²) in [5, 5.41) is 9.92. The molecule has 0 atom stereocenters. The van der Waals surface area contributed by atoms with Crippen LogP contribution in [0.2, 0.25) is 0 Å². The third-order valence-corrected chi connectivity index (χ3v) is 5.11. The summed E-state index contributed by atoms with van der Waals surface area (Å²) in [6.45, 7) is 1.95. The highest BCUT2D eigenvalue weighted by Crippen LogP contribution is 2.33. The number of carbonyl (C=O) groups is 1. The van der Waals surface area contributed by atoms with Crippen molar-refractivity contribution in [2.45, 2.75) is 11.9 Å². The average molecular weight is 343 g/mol. The van der Waals surface area contributed by atoms with Crippen LogP contribution in [0.4, 0.5) is 0 Å². The van der Waals surface area contributed by atoms with Crippen LogP contribution in [0.25, 0.3) is 21.1 Å². The maximum Gasteiger partial charge on any atom is 0.227 e. The Balaban J connectivity index is 1.84. The normalized spacial score (nSPS) is 10.7. The van der Waals surface area contributed by atoms with E-state index in [1.54, 1.807) is 23.7 Å². The molecule has 0 aliphatic rings. The highest BCUT2D eigenvalue weighted by atomic mass is 32.2. The van der Waals surface area contributed by atoms with E-state index in [0.717, 1.165) is 26.8 Å². The van der Waals surface area contributed by atoms with Crippen LogP contribution in [0.3, 0.4) is 0 Å². The van der Waals surface area contributed by atoms with Crippen LogP contribution in [0.1, 0.15) is 5.69 Å². The maximum atomic E-state index is 10.8. The minimum atomic E-state index is -0.375. The van der Waals surface area contributed by atoms with Gasteiger partial charge in [0.2, 0.25) is 5.91 Å². The van der Waals surface area contributed by atoms with Crippen LogP contribution < -0.4 is 5.73 Å². The fourth-order valence-electron chi connectivity index (χ4n) is 1.91. The molecule has 3 aromatic heterocycles. The summed E-state index contributed by atoms with van der Waals surface area (Å²) < 4.78 is 0. The van der Waals surface area contributed by atoms with Crippen LogP contribution in [0.15, 0.2) is 41.7 Å². The van der Waals surface area contributed by atoms with Gasteiger partial charge in [0.05, 0.1) is 16.3 Å². The van der Waals surface area contributed by atoms with Crippen molar-refractivity contribution in [3.05, 3.63) is 42.4 Å². The number of hydrogen-bond donors (Lipinski definition) is 1. The number of carbonyl (C=O) groups excluding carboxylic acids is 1. The summed E-state index contributed by atoms with van der Waals surface area (Å²) in [6, 6.07) is 7.57. The number of rotatable bonds is 5. The minimum absolute atomic E-state index is 0.193. The molecule has 0 unspecified atom stereocenters. The van der Waals surface area contributed by atoms with Gasteiger partial charge in [-0.2, -0.15) is 0 Å². The number of thioether (sulfide) groups is 1. The van der Waals surface area contributed by atoms with Crippen molar-refractivity contribution in [3.8, 4) is 21.1 Å². The first-order valence-electron chi connectivity index (χ1n) is 6.76. The van der Waals surface area contributed by atoms with E-state index in [-0.39, 0.29) is 11.7 Å². The summed E-state index contributed by atoms with van der Waals surface area (Å²) in [6.07, 6.45) is 3.52. The summed E-state index contributed by atoms with van der Waals surface area (Å²) in [7, 11) is 0. The van der Waals surface area contributed by atoms with E-state index in [0.29, 0.717) is 5.03 Å². The third-order valence-electron chi connectivity index (χ3n) is 2.94. The molecule has 3 aromatic rings. The third kappa shape index (κ3) is 3.72. The Bertz CT molecular complexity index is 818. The van der Waals surface area contributed by atoms with E-state index in [9.17, 15) is 4.79 Å². The van der Waals surface area contributed by atoms with Gasteiger partial charge in [-0.3, -0.25) is 9.78 Å². The topological polar surface area (TPSA) is 94.7 Å². The molecule has 0 saturated heterocycles. The number of aromatic nitrogens is 4. The Morgan fingerprint density at radius 2 is 2.17 bits per heavy atom. The molecule has 0 aromatic carbocycles. The van der Waals surface area contributed by atoms with Gasteiger partial charge in [0.15, 0.2) is 0 Å². The fourth-order valence-corrected chi connectivity index (χ4v) is 3.48. The Kier molecular flexibility index (Phi) is 4.63. The molecule has 0 bridgehead atoms. The van der Waals surface area contributed by atoms with Crippen LogP contribution in [-0.2, 0) is 4.79 Å². The molecule has 0 saturated carbocycles. The molecule has 0 aliphatic heterocycles. The monoisotopic (exact) mass is 343 g/mol. The van der Waals surface area contributed by atoms with E-state index in [2.05, 4.69) is 20.2 Å². The van der Waals surface area contributed by atoms with Gasteiger partial charge < -0.3 is 5.73 Å². The van der Waals surface area contributed by atoms with Gasteiger partial charge in [0, 0.05) is 18.0 Å². The predicted octanol–water partition coefficient (Wildman–Crippen LogP) is 2.55. The van der Waals surface area contributed by atoms with Gasteiger partial charge in [-0.05, 0) is 31.2 Å². The maximum absolute atomic E-state index is 10.8. The lowest BCUT2D eigenvalue weighted by Gasteiger charge is -1.99. The molecule has 116 valence electrons. The van der Waals surface area contributed by atoms with E-state index >= 15 is 0 Å². The van der Waals surface area contributed by atoms with E-state index in [1.165, 1.54) is 11.8 Å². The number of nitrogens with two attached hydrogens (primary N) is 1. The van der Waals surface area contributed by atoms with Gasteiger partial charge in [-0.15, -0.1) is 21.5 Å². The number of aryl methyl sites for hydroxylation is 1. The van der Waals surface area contributed by atoms with Crippen molar-refractivity contribution >= 4 is 29.0 Å². The lowest BCUT2D eigenvalue weighted by Crippen LogP contribution is -2.13. The number of amides is 1. The second-order valence-corrected chi connectivity index (χ2v) is 6.68. The standard InChI is InChI=1S/C15H13N5OS2/c1-9-14(23-15(18-9)10-3-2-6-17-7-10)11-4-5-13(20-19-11)22-8-12(16)21/h2-7H,8H2,1H3,(H2,16,21). The lowest BCUT2D eigenvalue weighted by atomic mass is 10.3. The Hall–Kier alpha value is -2.32. The van der Waals surface area contributed by atoms with E-state index < -0.39 is 0 Å². The number of primary amides is 1. The minimum Gasteiger partial charge on any atom is -0.369 e. The fraction of sp³-hybridized carbons (Fsp3) is 0.133. The second-order valence-electron chi connectivity index (χ2n) is 4.69. The Morgan fingerprint density at radius 1 is 1.30 bits per heavy atom. The average Bonchev–Trinajstić information content (AvgIpc) is 2.96. The molecule has 8 heteroatoms. The summed E-state index contributed by atoms with van der Waals surface area (Å²) in [5.74, 6) is -0.182. The van der Waals surface area contributed by atoms with Crippen LogP contribution >= 0.6 is 23.1 Å². The molecule has 23 heavy (non-hydrogen) atoms. The molecule has 0 radical (unpaired) electrons. The first-order valence-corrected chi connectivity index (χ1v) is 8.57. The van der Waals surface area contributed by atoms with Crippen LogP contribution in [0, 0.1) is 6.92 Å². The zero-order valence-corrected chi connectivity index (χ0v) is 13.9. The highest BCUT2D eigenvalue weighted by molar-refractivity contribution is 7.99. The molecule has 0 spiro atoms. The highest BCUT2D eigenvalue weighted by Gasteiger charge is 2.13.